The molecule has 2 aromatic rings. The maximum atomic E-state index is 12.6. The predicted octanol–water partition coefficient (Wildman–Crippen LogP) is 1.74. The average molecular weight is 422 g/mol. The fraction of sp³-hybridized carbons (Fsp3) is 0.600. The molecule has 0 aromatic carbocycles. The van der Waals surface area contributed by atoms with E-state index in [0.717, 1.165) is 29.7 Å². The number of amides is 1. The number of fused-ring (bicyclic) bond motifs is 3. The Morgan fingerprint density at radius 3 is 2.97 bits per heavy atom. The van der Waals surface area contributed by atoms with Gasteiger partial charge < -0.3 is 19.8 Å². The van der Waals surface area contributed by atoms with Gasteiger partial charge in [0.1, 0.15) is 10.7 Å². The normalized spacial score (nSPS) is 17.0. The lowest BCUT2D eigenvalue weighted by molar-refractivity contribution is -0.154. The summed E-state index contributed by atoms with van der Waals surface area (Å²) in [6, 6.07) is 0. The number of hydrogen-bond acceptors (Lipinski definition) is 7. The van der Waals surface area contributed by atoms with Crippen molar-refractivity contribution >= 4 is 33.4 Å². The number of esters is 1. The van der Waals surface area contributed by atoms with Gasteiger partial charge in [-0.25, -0.2) is 4.98 Å². The Labute approximate surface area is 173 Å². The highest BCUT2D eigenvalue weighted by Gasteiger charge is 2.23. The fourth-order valence-electron chi connectivity index (χ4n) is 3.46. The second-order valence-electron chi connectivity index (χ2n) is 7.46. The lowest BCUT2D eigenvalue weighted by atomic mass is 9.89. The van der Waals surface area contributed by atoms with Crippen molar-refractivity contribution in [1.29, 1.82) is 0 Å². The quantitative estimate of drug-likeness (QED) is 0.496. The van der Waals surface area contributed by atoms with Gasteiger partial charge in [0.2, 0.25) is 0 Å². The third-order valence-electron chi connectivity index (χ3n) is 5.06. The molecule has 0 fully saturated rings. The number of aromatic nitrogens is 2. The van der Waals surface area contributed by atoms with Crippen LogP contribution in [-0.2, 0) is 38.3 Å². The smallest absolute Gasteiger partial charge is 0.307 e. The van der Waals surface area contributed by atoms with Crippen LogP contribution in [0.3, 0.4) is 0 Å². The Hall–Kier alpha value is -2.26. The van der Waals surface area contributed by atoms with E-state index in [-0.39, 0.29) is 24.3 Å². The van der Waals surface area contributed by atoms with Crippen molar-refractivity contribution in [1.82, 2.24) is 15.3 Å². The maximum Gasteiger partial charge on any atom is 0.307 e. The lowest BCUT2D eigenvalue weighted by Crippen LogP contribution is -2.37. The van der Waals surface area contributed by atoms with Gasteiger partial charge in [0.25, 0.3) is 11.5 Å². The van der Waals surface area contributed by atoms with E-state index in [0.29, 0.717) is 30.3 Å². The van der Waals surface area contributed by atoms with Crippen molar-refractivity contribution in [3.63, 3.8) is 0 Å². The molecule has 0 saturated carbocycles. The van der Waals surface area contributed by atoms with E-state index in [2.05, 4.69) is 22.2 Å². The van der Waals surface area contributed by atoms with Crippen molar-refractivity contribution < 1.29 is 19.1 Å². The van der Waals surface area contributed by atoms with Crippen LogP contribution in [0.2, 0.25) is 0 Å². The zero-order chi connectivity index (χ0) is 21.0. The van der Waals surface area contributed by atoms with Gasteiger partial charge in [0, 0.05) is 25.0 Å². The number of aryl methyl sites for hydroxylation is 2. The summed E-state index contributed by atoms with van der Waals surface area (Å²) >= 11 is 1.58. The summed E-state index contributed by atoms with van der Waals surface area (Å²) in [6.45, 7) is 4.48. The zero-order valence-corrected chi connectivity index (χ0v) is 17.8. The van der Waals surface area contributed by atoms with Crippen molar-refractivity contribution in [2.24, 2.45) is 5.92 Å². The standard InChI is InChI=1S/C20H27N3O5S/c1-11-4-5-13-14(10-11)29-20-17(13)19(26)22-15(23-20)6-7-16(24)28-12(2)18(25)21-8-9-27-3/h11-12H,4-10H2,1-3H3,(H,21,25)(H,22,23,26)/t11-,12+/m1/s1. The van der Waals surface area contributed by atoms with Crippen LogP contribution >= 0.6 is 11.3 Å². The highest BCUT2D eigenvalue weighted by Crippen LogP contribution is 2.35. The number of ether oxygens (including phenoxy) is 2. The van der Waals surface area contributed by atoms with Crippen molar-refractivity contribution in [2.75, 3.05) is 20.3 Å². The Bertz CT molecular complexity index is 951. The van der Waals surface area contributed by atoms with Crippen LogP contribution in [0.15, 0.2) is 4.79 Å². The molecule has 9 heteroatoms. The van der Waals surface area contributed by atoms with Crippen LogP contribution in [-0.4, -0.2) is 48.2 Å². The van der Waals surface area contributed by atoms with Crippen LogP contribution in [0.4, 0.5) is 0 Å². The van der Waals surface area contributed by atoms with Crippen molar-refractivity contribution in [3.05, 3.63) is 26.6 Å². The minimum absolute atomic E-state index is 0.0340. The molecule has 1 aliphatic carbocycles. The number of H-pyrrole nitrogens is 1. The van der Waals surface area contributed by atoms with Gasteiger partial charge in [0.05, 0.1) is 18.4 Å². The SMILES string of the molecule is COCCNC(=O)[C@H](C)OC(=O)CCc1nc2sc3c(c2c(=O)[nH]1)CC[C@@H](C)C3. The van der Waals surface area contributed by atoms with Gasteiger partial charge in [-0.05, 0) is 37.7 Å². The Kier molecular flexibility index (Phi) is 7.02. The molecule has 2 atom stereocenters. The number of carbonyl (C=O) groups is 2. The summed E-state index contributed by atoms with van der Waals surface area (Å²) in [5.41, 5.74) is 0.993. The first-order valence-corrected chi connectivity index (χ1v) is 10.7. The Morgan fingerprint density at radius 2 is 2.21 bits per heavy atom. The monoisotopic (exact) mass is 421 g/mol. The molecular weight excluding hydrogens is 394 g/mol. The molecule has 29 heavy (non-hydrogen) atoms. The Morgan fingerprint density at radius 1 is 1.41 bits per heavy atom. The second-order valence-corrected chi connectivity index (χ2v) is 8.54. The third-order valence-corrected chi connectivity index (χ3v) is 6.21. The molecule has 1 amide bonds. The number of methoxy groups -OCH3 is 1. The minimum Gasteiger partial charge on any atom is -0.453 e. The summed E-state index contributed by atoms with van der Waals surface area (Å²) in [5.74, 6) is 0.198. The van der Waals surface area contributed by atoms with Gasteiger partial charge >= 0.3 is 5.97 Å². The number of nitrogens with zero attached hydrogens (tertiary/aromatic N) is 1. The topological polar surface area (TPSA) is 110 Å². The summed E-state index contributed by atoms with van der Waals surface area (Å²) < 4.78 is 10.0. The van der Waals surface area contributed by atoms with Gasteiger partial charge in [-0.2, -0.15) is 0 Å². The predicted molar refractivity (Wildman–Crippen MR) is 110 cm³/mol. The number of thiophene rings is 1. The molecule has 2 heterocycles. The van der Waals surface area contributed by atoms with Crippen molar-refractivity contribution in [3.8, 4) is 0 Å². The molecule has 3 rings (SSSR count). The van der Waals surface area contributed by atoms with E-state index >= 15 is 0 Å². The molecule has 0 radical (unpaired) electrons. The van der Waals surface area contributed by atoms with Crippen LogP contribution in [0.25, 0.3) is 10.2 Å². The molecule has 1 aliphatic rings. The molecule has 0 spiro atoms. The number of carbonyl (C=O) groups excluding carboxylic acids is 2. The molecule has 2 aromatic heterocycles. The van der Waals surface area contributed by atoms with E-state index in [9.17, 15) is 14.4 Å². The average Bonchev–Trinajstić information content (AvgIpc) is 3.04. The first-order chi connectivity index (χ1) is 13.9. The van der Waals surface area contributed by atoms with Crippen LogP contribution in [0.1, 0.15) is 43.0 Å². The molecule has 0 unspecified atom stereocenters. The van der Waals surface area contributed by atoms with E-state index in [4.69, 9.17) is 9.47 Å². The van der Waals surface area contributed by atoms with E-state index in [1.165, 1.54) is 18.9 Å². The highest BCUT2D eigenvalue weighted by atomic mass is 32.1. The largest absolute Gasteiger partial charge is 0.453 e. The minimum atomic E-state index is -0.889. The van der Waals surface area contributed by atoms with Gasteiger partial charge in [-0.15, -0.1) is 11.3 Å². The Balaban J connectivity index is 1.60. The van der Waals surface area contributed by atoms with Gasteiger partial charge in [0.15, 0.2) is 6.10 Å². The maximum absolute atomic E-state index is 12.6. The molecule has 158 valence electrons. The molecule has 0 aliphatic heterocycles. The lowest BCUT2D eigenvalue weighted by Gasteiger charge is -2.17. The summed E-state index contributed by atoms with van der Waals surface area (Å²) in [4.78, 5) is 45.8. The molecule has 2 N–H and O–H groups in total. The summed E-state index contributed by atoms with van der Waals surface area (Å²) in [5, 5.41) is 3.32. The molecule has 0 saturated heterocycles. The summed E-state index contributed by atoms with van der Waals surface area (Å²) in [6.07, 6.45) is 2.38. The van der Waals surface area contributed by atoms with E-state index in [1.54, 1.807) is 11.3 Å². The number of aromatic amines is 1. The molecule has 0 bridgehead atoms. The van der Waals surface area contributed by atoms with E-state index in [1.807, 2.05) is 0 Å². The second kappa shape index (κ2) is 9.49. The first kappa shape index (κ1) is 21.4. The van der Waals surface area contributed by atoms with Crippen LogP contribution < -0.4 is 10.9 Å². The fourth-order valence-corrected chi connectivity index (χ4v) is 4.86. The number of nitrogens with one attached hydrogen (secondary N) is 2. The molecular formula is C20H27N3O5S. The number of rotatable bonds is 8. The third kappa shape index (κ3) is 5.22. The van der Waals surface area contributed by atoms with Crippen LogP contribution in [0, 0.1) is 5.92 Å². The number of hydrogen-bond donors (Lipinski definition) is 2. The van der Waals surface area contributed by atoms with Gasteiger partial charge in [-0.3, -0.25) is 14.4 Å². The first-order valence-electron chi connectivity index (χ1n) is 9.88. The highest BCUT2D eigenvalue weighted by molar-refractivity contribution is 7.18. The van der Waals surface area contributed by atoms with Crippen molar-refractivity contribution in [2.45, 2.75) is 52.1 Å². The summed E-state index contributed by atoms with van der Waals surface area (Å²) in [7, 11) is 1.54. The van der Waals surface area contributed by atoms with Crippen LogP contribution in [0.5, 0.6) is 0 Å². The van der Waals surface area contributed by atoms with E-state index < -0.39 is 12.1 Å². The van der Waals surface area contributed by atoms with Gasteiger partial charge in [-0.1, -0.05) is 6.92 Å². The molecule has 8 nitrogen and oxygen atoms in total. The zero-order valence-electron chi connectivity index (χ0n) is 17.0.